The van der Waals surface area contributed by atoms with Crippen molar-refractivity contribution in [3.63, 3.8) is 0 Å². The number of nitrogens with one attached hydrogen (secondary N) is 2. The van der Waals surface area contributed by atoms with Gasteiger partial charge in [0.05, 0.1) is 15.7 Å². The summed E-state index contributed by atoms with van der Waals surface area (Å²) in [5, 5.41) is 9.52. The van der Waals surface area contributed by atoms with Gasteiger partial charge in [-0.1, -0.05) is 18.2 Å². The van der Waals surface area contributed by atoms with Crippen molar-refractivity contribution in [2.45, 2.75) is 0 Å². The molecule has 0 fully saturated rings. The maximum Gasteiger partial charge on any atom is 0.276 e. The number of hydrogen-bond acceptors (Lipinski definition) is 2. The number of para-hydroxylation sites is 1. The van der Waals surface area contributed by atoms with E-state index in [1.54, 1.807) is 24.3 Å². The van der Waals surface area contributed by atoms with E-state index in [0.29, 0.717) is 10.9 Å². The molecule has 0 saturated carbocycles. The normalized spacial score (nSPS) is 10.8. The number of aromatic nitrogens is 2. The Bertz CT molecular complexity index is 847. The van der Waals surface area contributed by atoms with Crippen molar-refractivity contribution in [1.29, 1.82) is 0 Å². The number of anilines is 1. The van der Waals surface area contributed by atoms with E-state index >= 15 is 0 Å². The number of H-pyrrole nitrogens is 1. The number of carbonyl (C=O) groups excluding carboxylic acids is 1. The molecule has 0 bridgehead atoms. The van der Waals surface area contributed by atoms with E-state index in [2.05, 4.69) is 31.4 Å². The lowest BCUT2D eigenvalue weighted by atomic mass is 10.2. The lowest BCUT2D eigenvalue weighted by Crippen LogP contribution is -2.14. The first-order valence-corrected chi connectivity index (χ1v) is 6.74. The Labute approximate surface area is 126 Å². The fourth-order valence-corrected chi connectivity index (χ4v) is 2.25. The van der Waals surface area contributed by atoms with E-state index in [4.69, 9.17) is 0 Å². The van der Waals surface area contributed by atoms with Crippen LogP contribution < -0.4 is 5.32 Å². The molecule has 3 aromatic rings. The van der Waals surface area contributed by atoms with Crippen molar-refractivity contribution >= 4 is 38.4 Å². The van der Waals surface area contributed by atoms with E-state index in [9.17, 15) is 13.6 Å². The minimum atomic E-state index is -0.739. The number of halogens is 3. The number of nitrogens with zero attached hydrogens (tertiary/aromatic N) is 1. The average Bonchev–Trinajstić information content (AvgIpc) is 2.88. The minimum Gasteiger partial charge on any atom is -0.318 e. The van der Waals surface area contributed by atoms with Gasteiger partial charge in [0.25, 0.3) is 5.91 Å². The highest BCUT2D eigenvalue weighted by molar-refractivity contribution is 9.10. The standard InChI is InChI=1S/C14H8BrF2N3O/c15-8-5-10(17)12(6-9(8)16)18-14(21)13-7-3-1-2-4-11(7)19-20-13/h1-6H,(H,18,21)(H,19,20). The summed E-state index contributed by atoms with van der Waals surface area (Å²) in [7, 11) is 0. The molecule has 0 unspecified atom stereocenters. The summed E-state index contributed by atoms with van der Waals surface area (Å²) in [4.78, 5) is 12.1. The second kappa shape index (κ2) is 5.25. The highest BCUT2D eigenvalue weighted by Crippen LogP contribution is 2.24. The fourth-order valence-electron chi connectivity index (χ4n) is 1.94. The Morgan fingerprint density at radius 1 is 1.19 bits per heavy atom. The van der Waals surface area contributed by atoms with Gasteiger partial charge >= 0.3 is 0 Å². The molecule has 2 aromatic carbocycles. The number of hydrogen-bond donors (Lipinski definition) is 2. The smallest absolute Gasteiger partial charge is 0.276 e. The molecule has 0 aliphatic carbocycles. The molecule has 1 aromatic heterocycles. The highest BCUT2D eigenvalue weighted by atomic mass is 79.9. The maximum atomic E-state index is 13.7. The lowest BCUT2D eigenvalue weighted by molar-refractivity contribution is 0.102. The first-order valence-electron chi connectivity index (χ1n) is 5.95. The molecule has 2 N–H and O–H groups in total. The van der Waals surface area contributed by atoms with Gasteiger partial charge in [0.1, 0.15) is 11.6 Å². The van der Waals surface area contributed by atoms with Gasteiger partial charge in [0.15, 0.2) is 5.69 Å². The van der Waals surface area contributed by atoms with Gasteiger partial charge in [-0.05, 0) is 28.1 Å². The number of aromatic amines is 1. The average molecular weight is 352 g/mol. The summed E-state index contributed by atoms with van der Waals surface area (Å²) >= 11 is 2.87. The van der Waals surface area contributed by atoms with E-state index in [1.165, 1.54) is 0 Å². The van der Waals surface area contributed by atoms with Crippen molar-refractivity contribution in [3.05, 3.63) is 58.2 Å². The number of benzene rings is 2. The quantitative estimate of drug-likeness (QED) is 0.689. The molecule has 7 heteroatoms. The monoisotopic (exact) mass is 351 g/mol. The molecule has 0 spiro atoms. The Balaban J connectivity index is 1.95. The molecule has 0 saturated heterocycles. The Morgan fingerprint density at radius 2 is 1.95 bits per heavy atom. The van der Waals surface area contributed by atoms with Crippen LogP contribution in [0.1, 0.15) is 10.5 Å². The predicted molar refractivity (Wildman–Crippen MR) is 78.1 cm³/mol. The summed E-state index contributed by atoms with van der Waals surface area (Å²) in [6.07, 6.45) is 0. The molecular formula is C14H8BrF2N3O. The van der Waals surface area contributed by atoms with Gasteiger partial charge in [-0.3, -0.25) is 9.89 Å². The van der Waals surface area contributed by atoms with E-state index in [1.807, 2.05) is 0 Å². The third kappa shape index (κ3) is 2.52. The zero-order chi connectivity index (χ0) is 15.0. The molecule has 0 aliphatic rings. The van der Waals surface area contributed by atoms with Crippen LogP contribution in [0.2, 0.25) is 0 Å². The van der Waals surface area contributed by atoms with Crippen molar-refractivity contribution in [2.24, 2.45) is 0 Å². The van der Waals surface area contributed by atoms with E-state index in [-0.39, 0.29) is 15.9 Å². The van der Waals surface area contributed by atoms with Crippen LogP contribution in [0, 0.1) is 11.6 Å². The van der Waals surface area contributed by atoms with Crippen LogP contribution in [0.3, 0.4) is 0 Å². The second-order valence-electron chi connectivity index (χ2n) is 4.32. The van der Waals surface area contributed by atoms with Crippen molar-refractivity contribution in [2.75, 3.05) is 5.32 Å². The molecule has 1 heterocycles. The molecule has 1 amide bonds. The lowest BCUT2D eigenvalue weighted by Gasteiger charge is -2.06. The predicted octanol–water partition coefficient (Wildman–Crippen LogP) is 3.86. The number of fused-ring (bicyclic) bond motifs is 1. The molecule has 0 atom stereocenters. The first-order chi connectivity index (χ1) is 10.1. The van der Waals surface area contributed by atoms with Crippen LogP contribution in [0.15, 0.2) is 40.9 Å². The summed E-state index contributed by atoms with van der Waals surface area (Å²) in [6, 6.07) is 8.89. The van der Waals surface area contributed by atoms with Gasteiger partial charge in [0, 0.05) is 11.5 Å². The first kappa shape index (κ1) is 13.7. The van der Waals surface area contributed by atoms with Crippen LogP contribution in [0.25, 0.3) is 10.9 Å². The topological polar surface area (TPSA) is 57.8 Å². The largest absolute Gasteiger partial charge is 0.318 e. The Kier molecular flexibility index (Phi) is 3.42. The third-order valence-corrected chi connectivity index (χ3v) is 3.55. The zero-order valence-corrected chi connectivity index (χ0v) is 12.0. The Morgan fingerprint density at radius 3 is 2.76 bits per heavy atom. The maximum absolute atomic E-state index is 13.7. The van der Waals surface area contributed by atoms with E-state index < -0.39 is 17.5 Å². The highest BCUT2D eigenvalue weighted by Gasteiger charge is 2.16. The summed E-state index contributed by atoms with van der Waals surface area (Å²) < 4.78 is 27.1. The van der Waals surface area contributed by atoms with Gasteiger partial charge in [-0.2, -0.15) is 5.10 Å². The Hall–Kier alpha value is -2.28. The third-order valence-electron chi connectivity index (χ3n) is 2.94. The summed E-state index contributed by atoms with van der Waals surface area (Å²) in [6.45, 7) is 0. The van der Waals surface area contributed by atoms with Crippen LogP contribution >= 0.6 is 15.9 Å². The number of amides is 1. The minimum absolute atomic E-state index is 0.0109. The molecular weight excluding hydrogens is 344 g/mol. The van der Waals surface area contributed by atoms with Gasteiger partial charge in [0.2, 0.25) is 0 Å². The van der Waals surface area contributed by atoms with Gasteiger partial charge in [-0.25, -0.2) is 8.78 Å². The fraction of sp³-hybridized carbons (Fsp3) is 0. The summed E-state index contributed by atoms with van der Waals surface area (Å²) in [5.74, 6) is -2.02. The number of carbonyl (C=O) groups is 1. The molecule has 3 rings (SSSR count). The number of rotatable bonds is 2. The van der Waals surface area contributed by atoms with Crippen molar-refractivity contribution < 1.29 is 13.6 Å². The zero-order valence-electron chi connectivity index (χ0n) is 10.5. The van der Waals surface area contributed by atoms with Crippen LogP contribution in [0.5, 0.6) is 0 Å². The molecule has 4 nitrogen and oxygen atoms in total. The van der Waals surface area contributed by atoms with Crippen molar-refractivity contribution in [1.82, 2.24) is 10.2 Å². The van der Waals surface area contributed by atoms with E-state index in [0.717, 1.165) is 12.1 Å². The van der Waals surface area contributed by atoms with Gasteiger partial charge < -0.3 is 5.32 Å². The SMILES string of the molecule is O=C(Nc1cc(F)c(Br)cc1F)c1n[nH]c2ccccc12. The van der Waals surface area contributed by atoms with Crippen LogP contribution in [-0.2, 0) is 0 Å². The van der Waals surface area contributed by atoms with Gasteiger partial charge in [-0.15, -0.1) is 0 Å². The molecule has 106 valence electrons. The van der Waals surface area contributed by atoms with Crippen molar-refractivity contribution in [3.8, 4) is 0 Å². The second-order valence-corrected chi connectivity index (χ2v) is 5.17. The summed E-state index contributed by atoms with van der Waals surface area (Å²) in [5.41, 5.74) is 0.561. The molecule has 0 radical (unpaired) electrons. The molecule has 0 aliphatic heterocycles. The van der Waals surface area contributed by atoms with Crippen LogP contribution in [-0.4, -0.2) is 16.1 Å². The molecule has 21 heavy (non-hydrogen) atoms. The van der Waals surface area contributed by atoms with Crippen LogP contribution in [0.4, 0.5) is 14.5 Å².